The molecule has 4 N–H and O–H groups in total. The highest BCUT2D eigenvalue weighted by Crippen LogP contribution is 2.45. The summed E-state index contributed by atoms with van der Waals surface area (Å²) in [6, 6.07) is 0. The highest BCUT2D eigenvalue weighted by molar-refractivity contribution is 7.80. The van der Waals surface area contributed by atoms with Gasteiger partial charge in [-0.05, 0) is 25.2 Å². The number of alkyl halides is 6. The summed E-state index contributed by atoms with van der Waals surface area (Å²) >= 11 is 4.31. The van der Waals surface area contributed by atoms with Crippen LogP contribution in [0.5, 0.6) is 0 Å². The number of thiocarbonyl (C=S) groups is 1. The van der Waals surface area contributed by atoms with E-state index in [2.05, 4.69) is 17.3 Å². The smallest absolute Gasteiger partial charge is 0.375 e. The Labute approximate surface area is 115 Å². The van der Waals surface area contributed by atoms with Crippen molar-refractivity contribution in [1.82, 2.24) is 5.43 Å². The van der Waals surface area contributed by atoms with Crippen molar-refractivity contribution >= 4 is 23.0 Å². The number of halogens is 6. The van der Waals surface area contributed by atoms with Gasteiger partial charge in [0.1, 0.15) is 0 Å². The molecule has 116 valence electrons. The van der Waals surface area contributed by atoms with Gasteiger partial charge in [-0.1, -0.05) is 6.08 Å². The largest absolute Gasteiger partial charge is 0.426 e. The second kappa shape index (κ2) is 6.39. The molecule has 0 aromatic rings. The molecule has 0 aromatic heterocycles. The monoisotopic (exact) mass is 323 g/mol. The molecule has 11 heteroatoms. The van der Waals surface area contributed by atoms with Crippen LogP contribution in [0.4, 0.5) is 26.3 Å². The lowest BCUT2D eigenvalue weighted by atomic mass is 9.95. The molecule has 0 saturated heterocycles. The van der Waals surface area contributed by atoms with E-state index >= 15 is 0 Å². The molecule has 0 aromatic carbocycles. The van der Waals surface area contributed by atoms with E-state index in [1.165, 1.54) is 6.92 Å². The Bertz CT molecular complexity index is 401. The zero-order valence-corrected chi connectivity index (χ0v) is 10.8. The van der Waals surface area contributed by atoms with Crippen LogP contribution in [0.15, 0.2) is 17.3 Å². The van der Waals surface area contributed by atoms with Gasteiger partial charge in [-0.15, -0.1) is 0 Å². The second-order valence-electron chi connectivity index (χ2n) is 3.61. The summed E-state index contributed by atoms with van der Waals surface area (Å²) in [7, 11) is 0. The lowest BCUT2D eigenvalue weighted by molar-refractivity contribution is -0.365. The van der Waals surface area contributed by atoms with E-state index in [1.807, 2.05) is 5.43 Å². The molecule has 0 aliphatic carbocycles. The van der Waals surface area contributed by atoms with Crippen molar-refractivity contribution in [2.24, 2.45) is 10.8 Å². The summed E-state index contributed by atoms with van der Waals surface area (Å²) in [4.78, 5) is 0. The molecule has 0 aliphatic rings. The van der Waals surface area contributed by atoms with Gasteiger partial charge in [-0.25, -0.2) is 0 Å². The molecule has 0 aliphatic heterocycles. The van der Waals surface area contributed by atoms with Gasteiger partial charge in [-0.3, -0.25) is 5.43 Å². The molecule has 0 bridgehead atoms. The van der Waals surface area contributed by atoms with Gasteiger partial charge in [0, 0.05) is 6.42 Å². The SMILES string of the molecule is C/C=C/C(CC(O)(C(F)(F)F)C(F)(F)F)=N\NC(N)=S. The van der Waals surface area contributed by atoms with Gasteiger partial charge in [-0.2, -0.15) is 31.4 Å². The van der Waals surface area contributed by atoms with Crippen LogP contribution in [0.25, 0.3) is 0 Å². The minimum absolute atomic E-state index is 0.449. The van der Waals surface area contributed by atoms with E-state index in [1.54, 1.807) is 0 Å². The highest BCUT2D eigenvalue weighted by atomic mass is 32.1. The number of nitrogens with one attached hydrogen (secondary N) is 1. The van der Waals surface area contributed by atoms with Crippen molar-refractivity contribution in [3.8, 4) is 0 Å². The molecule has 0 spiro atoms. The number of nitrogens with zero attached hydrogens (tertiary/aromatic N) is 1. The third-order valence-electron chi connectivity index (χ3n) is 2.04. The quantitative estimate of drug-likeness (QED) is 0.320. The lowest BCUT2D eigenvalue weighted by Gasteiger charge is -2.32. The number of aliphatic hydroxyl groups is 1. The molecule has 0 amide bonds. The Morgan fingerprint density at radius 2 is 1.70 bits per heavy atom. The molecule has 0 radical (unpaired) electrons. The Kier molecular flexibility index (Phi) is 5.96. The maximum Gasteiger partial charge on any atom is 0.426 e. The van der Waals surface area contributed by atoms with Crippen LogP contribution in [0.1, 0.15) is 13.3 Å². The first kappa shape index (κ1) is 18.6. The first-order valence-corrected chi connectivity index (χ1v) is 5.36. The molecule has 20 heavy (non-hydrogen) atoms. The molecule has 0 rings (SSSR count). The number of allylic oxidation sites excluding steroid dienone is 2. The van der Waals surface area contributed by atoms with E-state index in [9.17, 15) is 26.3 Å². The zero-order valence-electron chi connectivity index (χ0n) is 10.0. The van der Waals surface area contributed by atoms with E-state index in [4.69, 9.17) is 10.8 Å². The molecule has 0 saturated carbocycles. The van der Waals surface area contributed by atoms with Gasteiger partial charge < -0.3 is 10.8 Å². The van der Waals surface area contributed by atoms with E-state index in [0.29, 0.717) is 0 Å². The Balaban J connectivity index is 5.53. The number of rotatable bonds is 4. The normalized spacial score (nSPS) is 14.7. The number of hydrazone groups is 1. The van der Waals surface area contributed by atoms with Crippen molar-refractivity contribution in [1.29, 1.82) is 0 Å². The van der Waals surface area contributed by atoms with Crippen molar-refractivity contribution in [3.63, 3.8) is 0 Å². The highest BCUT2D eigenvalue weighted by Gasteiger charge is 2.70. The van der Waals surface area contributed by atoms with Gasteiger partial charge in [0.05, 0.1) is 5.71 Å². The third-order valence-corrected chi connectivity index (χ3v) is 2.13. The van der Waals surface area contributed by atoms with E-state index < -0.39 is 35.2 Å². The lowest BCUT2D eigenvalue weighted by Crippen LogP contribution is -2.57. The molecule has 4 nitrogen and oxygen atoms in total. The van der Waals surface area contributed by atoms with Crippen molar-refractivity contribution < 1.29 is 31.4 Å². The summed E-state index contributed by atoms with van der Waals surface area (Å²) in [5, 5.41) is 11.7. The van der Waals surface area contributed by atoms with Crippen molar-refractivity contribution in [2.75, 3.05) is 0 Å². The van der Waals surface area contributed by atoms with Crippen LogP contribution < -0.4 is 11.2 Å². The Morgan fingerprint density at radius 1 is 1.25 bits per heavy atom. The van der Waals surface area contributed by atoms with Crippen molar-refractivity contribution in [2.45, 2.75) is 31.3 Å². The maximum absolute atomic E-state index is 12.5. The summed E-state index contributed by atoms with van der Waals surface area (Å²) in [6.07, 6.45) is -11.7. The Morgan fingerprint density at radius 3 is 2.00 bits per heavy atom. The summed E-state index contributed by atoms with van der Waals surface area (Å²) in [5.41, 5.74) is 1.17. The number of hydrogen-bond acceptors (Lipinski definition) is 3. The predicted molar refractivity (Wildman–Crippen MR) is 63.8 cm³/mol. The minimum Gasteiger partial charge on any atom is -0.375 e. The zero-order chi connectivity index (χ0) is 16.2. The molecule has 0 atom stereocenters. The van der Waals surface area contributed by atoms with Crippen LogP contribution in [-0.4, -0.2) is 33.9 Å². The average molecular weight is 323 g/mol. The fourth-order valence-electron chi connectivity index (χ4n) is 1.08. The summed E-state index contributed by atoms with van der Waals surface area (Å²) < 4.78 is 74.9. The standard InChI is InChI=1S/C9H11F6N3OS/c1-2-3-5(17-18-6(16)20)4-7(19,8(10,11)12)9(13,14)15/h2-3,19H,4H2,1H3,(H3,16,18,20)/b3-2+,17-5+. The fourth-order valence-corrected chi connectivity index (χ4v) is 1.12. The van der Waals surface area contributed by atoms with E-state index in [0.717, 1.165) is 12.2 Å². The van der Waals surface area contributed by atoms with Crippen molar-refractivity contribution in [3.05, 3.63) is 12.2 Å². The average Bonchev–Trinajstić information content (AvgIpc) is 2.22. The van der Waals surface area contributed by atoms with Gasteiger partial charge in [0.15, 0.2) is 5.11 Å². The van der Waals surface area contributed by atoms with Gasteiger partial charge in [0.2, 0.25) is 0 Å². The first-order valence-electron chi connectivity index (χ1n) is 4.95. The molecule has 0 heterocycles. The van der Waals surface area contributed by atoms with Crippen LogP contribution in [-0.2, 0) is 0 Å². The van der Waals surface area contributed by atoms with Gasteiger partial charge >= 0.3 is 12.4 Å². The van der Waals surface area contributed by atoms with Crippen LogP contribution >= 0.6 is 12.2 Å². The Hall–Kier alpha value is -1.36. The topological polar surface area (TPSA) is 70.6 Å². The summed E-state index contributed by atoms with van der Waals surface area (Å²) in [6.45, 7) is 1.34. The van der Waals surface area contributed by atoms with Crippen LogP contribution in [0, 0.1) is 0 Å². The maximum atomic E-state index is 12.5. The molecular formula is C9H11F6N3OS. The molecular weight excluding hydrogens is 312 g/mol. The third kappa shape index (κ3) is 4.63. The first-order chi connectivity index (χ1) is 8.85. The minimum atomic E-state index is -5.92. The fraction of sp³-hybridized carbons (Fsp3) is 0.556. The molecule has 0 unspecified atom stereocenters. The van der Waals surface area contributed by atoms with Crippen LogP contribution in [0.3, 0.4) is 0 Å². The van der Waals surface area contributed by atoms with Gasteiger partial charge in [0.25, 0.3) is 5.60 Å². The second-order valence-corrected chi connectivity index (χ2v) is 4.05. The molecule has 0 fully saturated rings. The van der Waals surface area contributed by atoms with Crippen LogP contribution in [0.2, 0.25) is 0 Å². The number of hydrogen-bond donors (Lipinski definition) is 3. The summed E-state index contributed by atoms with van der Waals surface area (Å²) in [5.74, 6) is 0. The predicted octanol–water partition coefficient (Wildman–Crippen LogP) is 2.00. The van der Waals surface area contributed by atoms with E-state index in [-0.39, 0.29) is 0 Å². The number of nitrogens with two attached hydrogens (primary N) is 1.